The molecule has 0 bridgehead atoms. The predicted molar refractivity (Wildman–Crippen MR) is 99.0 cm³/mol. The van der Waals surface area contributed by atoms with Crippen molar-refractivity contribution in [1.82, 2.24) is 21.1 Å². The summed E-state index contributed by atoms with van der Waals surface area (Å²) in [7, 11) is 0. The molecule has 1 saturated carbocycles. The number of hydrogen-bond acceptors (Lipinski definition) is 6. The van der Waals surface area contributed by atoms with Crippen LogP contribution >= 0.6 is 0 Å². The molecule has 0 atom stereocenters. The van der Waals surface area contributed by atoms with E-state index in [0.717, 1.165) is 18.9 Å². The average Bonchev–Trinajstić information content (AvgIpc) is 3.50. The van der Waals surface area contributed by atoms with Gasteiger partial charge in [0.05, 0.1) is 11.5 Å². The molecule has 3 N–H and O–H groups in total. The third-order valence-electron chi connectivity index (χ3n) is 4.88. The van der Waals surface area contributed by atoms with Crippen molar-refractivity contribution >= 4 is 23.4 Å². The van der Waals surface area contributed by atoms with Crippen LogP contribution in [0.15, 0.2) is 24.3 Å². The van der Waals surface area contributed by atoms with E-state index in [4.69, 9.17) is 0 Å². The maximum atomic E-state index is 12.1. The zero-order valence-electron chi connectivity index (χ0n) is 15.3. The molecule has 0 spiro atoms. The Hall–Kier alpha value is -3.01. The molecule has 10 nitrogen and oxygen atoms in total. The van der Waals surface area contributed by atoms with Crippen LogP contribution in [0.1, 0.15) is 36.0 Å². The summed E-state index contributed by atoms with van der Waals surface area (Å²) in [5, 5.41) is 13.8. The van der Waals surface area contributed by atoms with Crippen molar-refractivity contribution in [2.24, 2.45) is 5.92 Å². The Morgan fingerprint density at radius 3 is 2.46 bits per heavy atom. The second kappa shape index (κ2) is 8.79. The number of benzene rings is 1. The summed E-state index contributed by atoms with van der Waals surface area (Å²) in [6.07, 6.45) is 3.53. The zero-order chi connectivity index (χ0) is 20.1. The van der Waals surface area contributed by atoms with Gasteiger partial charge in [0.1, 0.15) is 0 Å². The summed E-state index contributed by atoms with van der Waals surface area (Å²) in [5.74, 6) is -0.920. The molecule has 28 heavy (non-hydrogen) atoms. The fraction of sp³-hybridized carbons (Fsp3) is 0.500. The van der Waals surface area contributed by atoms with Crippen LogP contribution in [0.3, 0.4) is 0 Å². The van der Waals surface area contributed by atoms with E-state index in [1.807, 2.05) is 4.90 Å². The molecule has 3 rings (SSSR count). The number of hydrogen-bond donors (Lipinski definition) is 3. The second-order valence-corrected chi connectivity index (χ2v) is 7.14. The van der Waals surface area contributed by atoms with Crippen LogP contribution in [0.25, 0.3) is 0 Å². The number of hydrazine groups is 1. The molecule has 1 aliphatic heterocycles. The van der Waals surface area contributed by atoms with Gasteiger partial charge in [0, 0.05) is 29.7 Å². The highest BCUT2D eigenvalue weighted by molar-refractivity contribution is 5.96. The Bertz CT molecular complexity index is 771. The van der Waals surface area contributed by atoms with Gasteiger partial charge in [0.25, 0.3) is 17.5 Å². The molecule has 1 aliphatic carbocycles. The number of nitrogens with one attached hydrogen (secondary N) is 3. The maximum absolute atomic E-state index is 12.1. The van der Waals surface area contributed by atoms with Gasteiger partial charge >= 0.3 is 0 Å². The number of nitro benzene ring substituents is 1. The van der Waals surface area contributed by atoms with E-state index in [-0.39, 0.29) is 35.5 Å². The number of carbonyl (C=O) groups is 3. The van der Waals surface area contributed by atoms with Crippen LogP contribution in [0.5, 0.6) is 0 Å². The quantitative estimate of drug-likeness (QED) is 0.475. The molecule has 0 unspecified atom stereocenters. The monoisotopic (exact) mass is 389 g/mol. The van der Waals surface area contributed by atoms with Crippen LogP contribution < -0.4 is 16.2 Å². The molecule has 1 aromatic carbocycles. The standard InChI is InChI=1S/C18H23N5O5/c24-16(20-21-18(26)13-2-1-3-15(10-13)23(27)28)11-22-8-6-12(7-9-22)17(25)19-14-4-5-14/h1-3,10,12,14H,4-9,11H2,(H,19,25)(H,20,24)(H,21,26). The van der Waals surface area contributed by atoms with Crippen LogP contribution in [-0.4, -0.2) is 53.2 Å². The number of nitro groups is 1. The molecular formula is C18H23N5O5. The number of carbonyl (C=O) groups excluding carboxylic acids is 3. The van der Waals surface area contributed by atoms with Crippen molar-refractivity contribution in [3.63, 3.8) is 0 Å². The molecule has 0 aromatic heterocycles. The Morgan fingerprint density at radius 2 is 1.82 bits per heavy atom. The van der Waals surface area contributed by atoms with Gasteiger partial charge in [-0.05, 0) is 44.8 Å². The predicted octanol–water partition coefficient (Wildman–Crippen LogP) is 0.346. The number of non-ortho nitro benzene ring substituents is 1. The van der Waals surface area contributed by atoms with Crippen molar-refractivity contribution in [3.8, 4) is 0 Å². The van der Waals surface area contributed by atoms with E-state index >= 15 is 0 Å². The largest absolute Gasteiger partial charge is 0.353 e. The SMILES string of the molecule is O=C(CN1CCC(C(=O)NC2CC2)CC1)NNC(=O)c1cccc([N+](=O)[O-])c1. The van der Waals surface area contributed by atoms with Crippen LogP contribution in [0, 0.1) is 16.0 Å². The lowest BCUT2D eigenvalue weighted by atomic mass is 9.96. The lowest BCUT2D eigenvalue weighted by Gasteiger charge is -2.30. The molecule has 1 aromatic rings. The fourth-order valence-electron chi connectivity index (χ4n) is 3.10. The summed E-state index contributed by atoms with van der Waals surface area (Å²) in [6, 6.07) is 5.60. The Kier molecular flexibility index (Phi) is 6.19. The molecule has 3 amide bonds. The normalized spacial score (nSPS) is 17.6. The first kappa shape index (κ1) is 19.7. The number of likely N-dealkylation sites (tertiary alicyclic amines) is 1. The highest BCUT2D eigenvalue weighted by Gasteiger charge is 2.30. The van der Waals surface area contributed by atoms with E-state index < -0.39 is 10.8 Å². The van der Waals surface area contributed by atoms with Crippen LogP contribution in [0.2, 0.25) is 0 Å². The van der Waals surface area contributed by atoms with Crippen LogP contribution in [-0.2, 0) is 9.59 Å². The summed E-state index contributed by atoms with van der Waals surface area (Å²) in [6.45, 7) is 1.37. The van der Waals surface area contributed by atoms with E-state index in [9.17, 15) is 24.5 Å². The highest BCUT2D eigenvalue weighted by Crippen LogP contribution is 2.22. The van der Waals surface area contributed by atoms with Gasteiger partial charge < -0.3 is 5.32 Å². The number of nitrogens with zero attached hydrogens (tertiary/aromatic N) is 2. The van der Waals surface area contributed by atoms with Crippen molar-refractivity contribution in [3.05, 3.63) is 39.9 Å². The zero-order valence-corrected chi connectivity index (χ0v) is 15.3. The van der Waals surface area contributed by atoms with Crippen molar-refractivity contribution < 1.29 is 19.3 Å². The lowest BCUT2D eigenvalue weighted by Crippen LogP contribution is -2.48. The van der Waals surface area contributed by atoms with Gasteiger partial charge in [0.15, 0.2) is 0 Å². The van der Waals surface area contributed by atoms with Gasteiger partial charge in [-0.25, -0.2) is 0 Å². The maximum Gasteiger partial charge on any atom is 0.270 e. The minimum Gasteiger partial charge on any atom is -0.353 e. The Labute approximate surface area is 161 Å². The summed E-state index contributed by atoms with van der Waals surface area (Å²) < 4.78 is 0. The molecule has 150 valence electrons. The molecule has 2 aliphatic rings. The minimum absolute atomic E-state index is 0.00603. The summed E-state index contributed by atoms with van der Waals surface area (Å²) in [5.41, 5.74) is 4.45. The molecule has 0 radical (unpaired) electrons. The minimum atomic E-state index is -0.632. The van der Waals surface area contributed by atoms with E-state index in [2.05, 4.69) is 16.2 Å². The van der Waals surface area contributed by atoms with Gasteiger partial charge in [-0.2, -0.15) is 0 Å². The van der Waals surface area contributed by atoms with E-state index in [1.54, 1.807) is 0 Å². The number of amides is 3. The first-order valence-corrected chi connectivity index (χ1v) is 9.29. The lowest BCUT2D eigenvalue weighted by molar-refractivity contribution is -0.384. The average molecular weight is 389 g/mol. The highest BCUT2D eigenvalue weighted by atomic mass is 16.6. The first-order valence-electron chi connectivity index (χ1n) is 9.29. The van der Waals surface area contributed by atoms with Crippen molar-refractivity contribution in [2.45, 2.75) is 31.7 Å². The Balaban J connectivity index is 1.38. The third kappa shape index (κ3) is 5.49. The van der Waals surface area contributed by atoms with Gasteiger partial charge in [-0.15, -0.1) is 0 Å². The van der Waals surface area contributed by atoms with Gasteiger partial charge in [0.2, 0.25) is 5.91 Å². The van der Waals surface area contributed by atoms with Gasteiger partial charge in [-0.3, -0.25) is 40.2 Å². The topological polar surface area (TPSA) is 134 Å². The van der Waals surface area contributed by atoms with Crippen molar-refractivity contribution in [2.75, 3.05) is 19.6 Å². The fourth-order valence-corrected chi connectivity index (χ4v) is 3.10. The molecule has 10 heteroatoms. The second-order valence-electron chi connectivity index (χ2n) is 7.14. The molecule has 1 saturated heterocycles. The van der Waals surface area contributed by atoms with Crippen LogP contribution in [0.4, 0.5) is 5.69 Å². The summed E-state index contributed by atoms with van der Waals surface area (Å²) >= 11 is 0. The van der Waals surface area contributed by atoms with E-state index in [1.165, 1.54) is 18.2 Å². The molecule has 1 heterocycles. The molecular weight excluding hydrogens is 366 g/mol. The first-order chi connectivity index (χ1) is 13.4. The third-order valence-corrected chi connectivity index (χ3v) is 4.88. The number of rotatable bonds is 6. The number of piperidine rings is 1. The molecule has 2 fully saturated rings. The smallest absolute Gasteiger partial charge is 0.270 e. The van der Waals surface area contributed by atoms with Gasteiger partial charge in [-0.1, -0.05) is 6.07 Å². The Morgan fingerprint density at radius 1 is 1.11 bits per heavy atom. The van der Waals surface area contributed by atoms with Crippen molar-refractivity contribution in [1.29, 1.82) is 0 Å². The van der Waals surface area contributed by atoms with E-state index in [0.29, 0.717) is 32.0 Å². The summed E-state index contributed by atoms with van der Waals surface area (Å²) in [4.78, 5) is 48.2.